The van der Waals surface area contributed by atoms with Crippen LogP contribution in [0.3, 0.4) is 0 Å². The van der Waals surface area contributed by atoms with Crippen LogP contribution in [0, 0.1) is 6.92 Å². The van der Waals surface area contributed by atoms with Gasteiger partial charge >= 0.3 is 0 Å². The van der Waals surface area contributed by atoms with Gasteiger partial charge in [0.1, 0.15) is 0 Å². The van der Waals surface area contributed by atoms with Gasteiger partial charge in [-0.3, -0.25) is 9.88 Å². The first-order valence-corrected chi connectivity index (χ1v) is 9.97. The number of rotatable bonds is 7. The van der Waals surface area contributed by atoms with Crippen molar-refractivity contribution in [1.29, 1.82) is 0 Å². The number of aliphatic imine (C=N–C) groups is 1. The maximum atomic E-state index is 4.73. The van der Waals surface area contributed by atoms with E-state index in [1.165, 1.54) is 30.5 Å². The van der Waals surface area contributed by atoms with Crippen LogP contribution >= 0.6 is 0 Å². The van der Waals surface area contributed by atoms with E-state index in [-0.39, 0.29) is 0 Å². The quantitative estimate of drug-likeness (QED) is 0.585. The summed E-state index contributed by atoms with van der Waals surface area (Å²) in [6, 6.07) is 15.3. The minimum absolute atomic E-state index is 0.547. The molecule has 0 amide bonds. The van der Waals surface area contributed by atoms with Gasteiger partial charge in [0, 0.05) is 31.9 Å². The van der Waals surface area contributed by atoms with Crippen molar-refractivity contribution in [2.75, 3.05) is 19.6 Å². The van der Waals surface area contributed by atoms with Crippen LogP contribution in [0.5, 0.6) is 0 Å². The summed E-state index contributed by atoms with van der Waals surface area (Å²) < 4.78 is 0. The smallest absolute Gasteiger partial charge is 0.191 e. The van der Waals surface area contributed by atoms with Crippen molar-refractivity contribution in [2.24, 2.45) is 4.99 Å². The third-order valence-electron chi connectivity index (χ3n) is 5.08. The molecule has 0 bridgehead atoms. The van der Waals surface area contributed by atoms with E-state index < -0.39 is 0 Å². The van der Waals surface area contributed by atoms with Crippen molar-refractivity contribution in [3.8, 4) is 0 Å². The summed E-state index contributed by atoms with van der Waals surface area (Å²) in [6.45, 7) is 8.74. The Labute approximate surface area is 162 Å². The third-order valence-corrected chi connectivity index (χ3v) is 5.08. The van der Waals surface area contributed by atoms with Crippen LogP contribution in [0.1, 0.15) is 36.6 Å². The first-order valence-electron chi connectivity index (χ1n) is 9.97. The van der Waals surface area contributed by atoms with E-state index in [4.69, 9.17) is 4.99 Å². The van der Waals surface area contributed by atoms with Gasteiger partial charge in [-0.05, 0) is 50.4 Å². The Balaban J connectivity index is 1.56. The van der Waals surface area contributed by atoms with E-state index in [1.807, 2.05) is 12.3 Å². The van der Waals surface area contributed by atoms with Crippen LogP contribution in [0.4, 0.5) is 0 Å². The number of hydrogen-bond acceptors (Lipinski definition) is 3. The van der Waals surface area contributed by atoms with Crippen molar-refractivity contribution in [3.63, 3.8) is 0 Å². The topological polar surface area (TPSA) is 52.6 Å². The number of nitrogens with one attached hydrogen (secondary N) is 2. The Morgan fingerprint density at radius 3 is 2.81 bits per heavy atom. The van der Waals surface area contributed by atoms with Gasteiger partial charge in [-0.25, -0.2) is 4.99 Å². The van der Waals surface area contributed by atoms with Gasteiger partial charge in [-0.1, -0.05) is 36.4 Å². The van der Waals surface area contributed by atoms with Crippen molar-refractivity contribution in [3.05, 3.63) is 65.5 Å². The fraction of sp³-hybridized carbons (Fsp3) is 0.455. The number of pyridine rings is 1. The van der Waals surface area contributed by atoms with Crippen LogP contribution in [-0.2, 0) is 13.1 Å². The summed E-state index contributed by atoms with van der Waals surface area (Å²) in [5.41, 5.74) is 3.60. The third kappa shape index (κ3) is 5.79. The molecule has 1 aliphatic rings. The van der Waals surface area contributed by atoms with Gasteiger partial charge in [0.05, 0.1) is 12.2 Å². The average Bonchev–Trinajstić information content (AvgIpc) is 3.13. The lowest BCUT2D eigenvalue weighted by molar-refractivity contribution is 0.245. The number of likely N-dealkylation sites (tertiary alicyclic amines) is 1. The Bertz CT molecular complexity index is 728. The summed E-state index contributed by atoms with van der Waals surface area (Å²) in [5, 5.41) is 6.89. The van der Waals surface area contributed by atoms with Crippen molar-refractivity contribution in [2.45, 2.75) is 45.8 Å². The van der Waals surface area contributed by atoms with E-state index >= 15 is 0 Å². The van der Waals surface area contributed by atoms with Gasteiger partial charge < -0.3 is 10.6 Å². The average molecular weight is 366 g/mol. The molecule has 0 aliphatic carbocycles. The number of aryl methyl sites for hydroxylation is 1. The Hall–Kier alpha value is -2.40. The number of hydrogen-bond donors (Lipinski definition) is 2. The van der Waals surface area contributed by atoms with E-state index in [0.29, 0.717) is 12.6 Å². The van der Waals surface area contributed by atoms with E-state index in [9.17, 15) is 0 Å². The van der Waals surface area contributed by atoms with E-state index in [0.717, 1.165) is 31.3 Å². The molecule has 1 aromatic heterocycles. The van der Waals surface area contributed by atoms with Crippen LogP contribution in [-0.4, -0.2) is 41.5 Å². The largest absolute Gasteiger partial charge is 0.357 e. The second-order valence-corrected chi connectivity index (χ2v) is 7.10. The monoisotopic (exact) mass is 365 g/mol. The molecule has 3 rings (SSSR count). The molecule has 1 unspecified atom stereocenters. The summed E-state index contributed by atoms with van der Waals surface area (Å²) in [4.78, 5) is 11.7. The van der Waals surface area contributed by atoms with Gasteiger partial charge in [-0.15, -0.1) is 0 Å². The maximum Gasteiger partial charge on any atom is 0.191 e. The molecule has 0 spiro atoms. The molecule has 5 heteroatoms. The Kier molecular flexibility index (Phi) is 7.22. The summed E-state index contributed by atoms with van der Waals surface area (Å²) in [6.07, 6.45) is 4.33. The normalized spacial score (nSPS) is 17.9. The highest BCUT2D eigenvalue weighted by molar-refractivity contribution is 5.79. The number of aromatic nitrogens is 1. The molecule has 1 atom stereocenters. The van der Waals surface area contributed by atoms with E-state index in [1.54, 1.807) is 0 Å². The first kappa shape index (κ1) is 19.4. The summed E-state index contributed by atoms with van der Waals surface area (Å²) in [7, 11) is 0. The van der Waals surface area contributed by atoms with Crippen molar-refractivity contribution < 1.29 is 0 Å². The first-order chi connectivity index (χ1) is 13.3. The molecule has 0 radical (unpaired) electrons. The molecule has 2 heterocycles. The molecule has 5 nitrogen and oxygen atoms in total. The number of benzene rings is 1. The molecule has 27 heavy (non-hydrogen) atoms. The summed E-state index contributed by atoms with van der Waals surface area (Å²) >= 11 is 0. The standard InChI is InChI=1S/C22H31N5/c1-3-23-22(26-16-21-18(2)9-7-13-24-21)25-15-20-12-8-14-27(20)17-19-10-5-4-6-11-19/h4-7,9-11,13,20H,3,8,12,14-17H2,1-2H3,(H2,23,25,26). The predicted molar refractivity (Wildman–Crippen MR) is 112 cm³/mol. The van der Waals surface area contributed by atoms with Gasteiger partial charge in [-0.2, -0.15) is 0 Å². The Morgan fingerprint density at radius 2 is 2.04 bits per heavy atom. The zero-order chi connectivity index (χ0) is 18.9. The van der Waals surface area contributed by atoms with Crippen molar-refractivity contribution >= 4 is 5.96 Å². The highest BCUT2D eigenvalue weighted by Crippen LogP contribution is 2.19. The molecule has 2 aromatic rings. The second kappa shape index (κ2) is 10.1. The molecule has 1 aromatic carbocycles. The van der Waals surface area contributed by atoms with Gasteiger partial charge in [0.25, 0.3) is 0 Å². The molecule has 1 fully saturated rings. The van der Waals surface area contributed by atoms with Crippen LogP contribution in [0.2, 0.25) is 0 Å². The molecule has 1 saturated heterocycles. The fourth-order valence-electron chi connectivity index (χ4n) is 3.55. The summed E-state index contributed by atoms with van der Waals surface area (Å²) in [5.74, 6) is 0.870. The maximum absolute atomic E-state index is 4.73. The van der Waals surface area contributed by atoms with Crippen molar-refractivity contribution in [1.82, 2.24) is 20.5 Å². The molecule has 1 aliphatic heterocycles. The Morgan fingerprint density at radius 1 is 1.19 bits per heavy atom. The van der Waals surface area contributed by atoms with Crippen LogP contribution < -0.4 is 10.6 Å². The molecule has 2 N–H and O–H groups in total. The lowest BCUT2D eigenvalue weighted by atomic mass is 10.2. The minimum Gasteiger partial charge on any atom is -0.357 e. The van der Waals surface area contributed by atoms with Gasteiger partial charge in [0.15, 0.2) is 5.96 Å². The number of nitrogens with zero attached hydrogens (tertiary/aromatic N) is 3. The van der Waals surface area contributed by atoms with Gasteiger partial charge in [0.2, 0.25) is 0 Å². The number of guanidine groups is 1. The second-order valence-electron chi connectivity index (χ2n) is 7.10. The highest BCUT2D eigenvalue weighted by atomic mass is 15.2. The molecule has 144 valence electrons. The van der Waals surface area contributed by atoms with Crippen LogP contribution in [0.25, 0.3) is 0 Å². The predicted octanol–water partition coefficient (Wildman–Crippen LogP) is 3.11. The highest BCUT2D eigenvalue weighted by Gasteiger charge is 2.24. The SMILES string of the molecule is CCNC(=NCc1ncccc1C)NCC1CCCN1Cc1ccccc1. The lowest BCUT2D eigenvalue weighted by Gasteiger charge is -2.25. The fourth-order valence-corrected chi connectivity index (χ4v) is 3.55. The zero-order valence-corrected chi connectivity index (χ0v) is 16.5. The molecular weight excluding hydrogens is 334 g/mol. The van der Waals surface area contributed by atoms with E-state index in [2.05, 4.69) is 70.8 Å². The van der Waals surface area contributed by atoms with Crippen LogP contribution in [0.15, 0.2) is 53.7 Å². The molecular formula is C22H31N5. The molecule has 0 saturated carbocycles. The lowest BCUT2D eigenvalue weighted by Crippen LogP contribution is -2.44. The zero-order valence-electron chi connectivity index (χ0n) is 16.5. The minimum atomic E-state index is 0.547.